The Bertz CT molecular complexity index is 342. The molecule has 94 valence electrons. The van der Waals surface area contributed by atoms with E-state index in [0.717, 1.165) is 12.3 Å². The zero-order valence-corrected chi connectivity index (χ0v) is 11.4. The summed E-state index contributed by atoms with van der Waals surface area (Å²) in [7, 11) is 2.11. The SMILES string of the molecule is CNC(Cc1ccccc1)C1CCCC1(C)C. The number of benzene rings is 1. The number of likely N-dealkylation sites (N-methyl/N-ethyl adjacent to an activating group) is 1. The molecule has 0 aliphatic heterocycles. The Hall–Kier alpha value is -0.820. The van der Waals surface area contributed by atoms with Crippen LogP contribution >= 0.6 is 0 Å². The average molecular weight is 231 g/mol. The van der Waals surface area contributed by atoms with Crippen molar-refractivity contribution in [2.45, 2.75) is 45.6 Å². The summed E-state index contributed by atoms with van der Waals surface area (Å²) in [5, 5.41) is 3.55. The van der Waals surface area contributed by atoms with Gasteiger partial charge in [-0.05, 0) is 43.2 Å². The van der Waals surface area contributed by atoms with E-state index in [9.17, 15) is 0 Å². The Balaban J connectivity index is 2.07. The molecule has 0 amide bonds. The Kier molecular flexibility index (Phi) is 3.88. The summed E-state index contributed by atoms with van der Waals surface area (Å²) in [4.78, 5) is 0. The van der Waals surface area contributed by atoms with E-state index < -0.39 is 0 Å². The molecule has 0 aromatic heterocycles. The van der Waals surface area contributed by atoms with Gasteiger partial charge in [0.2, 0.25) is 0 Å². The minimum Gasteiger partial charge on any atom is -0.316 e. The van der Waals surface area contributed by atoms with Crippen molar-refractivity contribution >= 4 is 0 Å². The first kappa shape index (κ1) is 12.6. The molecule has 2 rings (SSSR count). The lowest BCUT2D eigenvalue weighted by Crippen LogP contribution is -2.40. The van der Waals surface area contributed by atoms with Crippen LogP contribution in [0.25, 0.3) is 0 Å². The predicted octanol–water partition coefficient (Wildman–Crippen LogP) is 3.64. The molecule has 0 radical (unpaired) electrons. The highest BCUT2D eigenvalue weighted by Gasteiger charge is 2.38. The van der Waals surface area contributed by atoms with E-state index >= 15 is 0 Å². The molecule has 1 N–H and O–H groups in total. The fourth-order valence-electron chi connectivity index (χ4n) is 3.41. The maximum absolute atomic E-state index is 3.55. The van der Waals surface area contributed by atoms with Crippen LogP contribution < -0.4 is 5.32 Å². The highest BCUT2D eigenvalue weighted by atomic mass is 14.9. The third-order valence-corrected chi connectivity index (χ3v) is 4.49. The second kappa shape index (κ2) is 5.22. The first-order chi connectivity index (χ1) is 8.13. The van der Waals surface area contributed by atoms with Crippen molar-refractivity contribution in [2.24, 2.45) is 11.3 Å². The van der Waals surface area contributed by atoms with Gasteiger partial charge in [0.15, 0.2) is 0 Å². The normalized spacial score (nSPS) is 24.8. The van der Waals surface area contributed by atoms with Crippen LogP contribution in [0.4, 0.5) is 0 Å². The van der Waals surface area contributed by atoms with Gasteiger partial charge in [-0.2, -0.15) is 0 Å². The van der Waals surface area contributed by atoms with E-state index in [4.69, 9.17) is 0 Å². The van der Waals surface area contributed by atoms with Gasteiger partial charge in [-0.25, -0.2) is 0 Å². The van der Waals surface area contributed by atoms with Gasteiger partial charge >= 0.3 is 0 Å². The minimum atomic E-state index is 0.502. The summed E-state index contributed by atoms with van der Waals surface area (Å²) in [5.74, 6) is 0.813. The molecule has 2 atom stereocenters. The molecule has 17 heavy (non-hydrogen) atoms. The summed E-state index contributed by atoms with van der Waals surface area (Å²) in [6.45, 7) is 4.86. The first-order valence-corrected chi connectivity index (χ1v) is 6.84. The molecule has 1 aromatic rings. The van der Waals surface area contributed by atoms with Crippen LogP contribution in [0.15, 0.2) is 30.3 Å². The largest absolute Gasteiger partial charge is 0.316 e. The first-order valence-electron chi connectivity index (χ1n) is 6.84. The summed E-state index contributed by atoms with van der Waals surface area (Å²) < 4.78 is 0. The van der Waals surface area contributed by atoms with Crippen molar-refractivity contribution in [3.8, 4) is 0 Å². The van der Waals surface area contributed by atoms with Crippen LogP contribution in [0, 0.1) is 11.3 Å². The number of hydrogen-bond acceptors (Lipinski definition) is 1. The average Bonchev–Trinajstić information content (AvgIpc) is 2.67. The van der Waals surface area contributed by atoms with E-state index in [2.05, 4.69) is 56.5 Å². The lowest BCUT2D eigenvalue weighted by Gasteiger charge is -2.34. The summed E-state index contributed by atoms with van der Waals surface area (Å²) in [6, 6.07) is 11.5. The van der Waals surface area contributed by atoms with E-state index in [1.807, 2.05) is 0 Å². The van der Waals surface area contributed by atoms with Crippen molar-refractivity contribution in [1.82, 2.24) is 5.32 Å². The molecule has 1 aliphatic carbocycles. The smallest absolute Gasteiger partial charge is 0.0138 e. The monoisotopic (exact) mass is 231 g/mol. The molecule has 2 unspecified atom stereocenters. The lowest BCUT2D eigenvalue weighted by atomic mass is 9.76. The standard InChI is InChI=1S/C16H25N/c1-16(2)11-7-10-14(16)15(17-3)12-13-8-5-4-6-9-13/h4-6,8-9,14-15,17H,7,10-12H2,1-3H3. The van der Waals surface area contributed by atoms with Crippen molar-refractivity contribution in [1.29, 1.82) is 0 Å². The van der Waals surface area contributed by atoms with Gasteiger partial charge in [-0.3, -0.25) is 0 Å². The van der Waals surface area contributed by atoms with Gasteiger partial charge in [-0.1, -0.05) is 50.6 Å². The topological polar surface area (TPSA) is 12.0 Å². The quantitative estimate of drug-likeness (QED) is 0.834. The summed E-state index contributed by atoms with van der Waals surface area (Å²) in [5.41, 5.74) is 1.96. The number of rotatable bonds is 4. The van der Waals surface area contributed by atoms with Crippen LogP contribution in [0.2, 0.25) is 0 Å². The lowest BCUT2D eigenvalue weighted by molar-refractivity contribution is 0.201. The van der Waals surface area contributed by atoms with Crippen LogP contribution in [-0.2, 0) is 6.42 Å². The Labute approximate surface area is 106 Å². The Morgan fingerprint density at radius 1 is 1.29 bits per heavy atom. The van der Waals surface area contributed by atoms with Gasteiger partial charge < -0.3 is 5.32 Å². The summed E-state index contributed by atoms with van der Waals surface area (Å²) in [6.07, 6.45) is 5.31. The van der Waals surface area contributed by atoms with Gasteiger partial charge in [0.1, 0.15) is 0 Å². The van der Waals surface area contributed by atoms with Gasteiger partial charge in [0.05, 0.1) is 0 Å². The number of nitrogens with one attached hydrogen (secondary N) is 1. The second-order valence-corrected chi connectivity index (χ2v) is 6.07. The fourth-order valence-corrected chi connectivity index (χ4v) is 3.41. The molecule has 1 aromatic carbocycles. The highest BCUT2D eigenvalue weighted by Crippen LogP contribution is 2.44. The zero-order valence-electron chi connectivity index (χ0n) is 11.4. The van der Waals surface area contributed by atoms with Gasteiger partial charge in [0, 0.05) is 6.04 Å². The maximum atomic E-state index is 3.55. The third-order valence-electron chi connectivity index (χ3n) is 4.49. The molecule has 0 spiro atoms. The van der Waals surface area contributed by atoms with E-state index in [0.29, 0.717) is 11.5 Å². The van der Waals surface area contributed by atoms with Crippen LogP contribution in [0.3, 0.4) is 0 Å². The fraction of sp³-hybridized carbons (Fsp3) is 0.625. The summed E-state index contributed by atoms with van der Waals surface area (Å²) >= 11 is 0. The highest BCUT2D eigenvalue weighted by molar-refractivity contribution is 5.16. The molecule has 1 aliphatic rings. The van der Waals surface area contributed by atoms with Gasteiger partial charge in [0.25, 0.3) is 0 Å². The molecule has 0 saturated heterocycles. The minimum absolute atomic E-state index is 0.502. The molecule has 0 bridgehead atoms. The molecule has 1 nitrogen and oxygen atoms in total. The van der Waals surface area contributed by atoms with Crippen LogP contribution in [-0.4, -0.2) is 13.1 Å². The molecule has 1 saturated carbocycles. The third kappa shape index (κ3) is 2.90. The molecule has 1 heteroatoms. The van der Waals surface area contributed by atoms with Crippen molar-refractivity contribution in [3.05, 3.63) is 35.9 Å². The number of hydrogen-bond donors (Lipinski definition) is 1. The van der Waals surface area contributed by atoms with Crippen molar-refractivity contribution in [2.75, 3.05) is 7.05 Å². The van der Waals surface area contributed by atoms with E-state index in [1.54, 1.807) is 0 Å². The molecule has 1 fully saturated rings. The molecule has 0 heterocycles. The molecular weight excluding hydrogens is 206 g/mol. The zero-order chi connectivity index (χ0) is 12.3. The van der Waals surface area contributed by atoms with Crippen molar-refractivity contribution in [3.63, 3.8) is 0 Å². The Morgan fingerprint density at radius 3 is 2.53 bits per heavy atom. The van der Waals surface area contributed by atoms with Gasteiger partial charge in [-0.15, -0.1) is 0 Å². The predicted molar refractivity (Wildman–Crippen MR) is 74.1 cm³/mol. The van der Waals surface area contributed by atoms with Crippen molar-refractivity contribution < 1.29 is 0 Å². The maximum Gasteiger partial charge on any atom is 0.0138 e. The second-order valence-electron chi connectivity index (χ2n) is 6.07. The molecular formula is C16H25N. The van der Waals surface area contributed by atoms with Crippen LogP contribution in [0.5, 0.6) is 0 Å². The van der Waals surface area contributed by atoms with E-state index in [-0.39, 0.29) is 0 Å². The van der Waals surface area contributed by atoms with Crippen LogP contribution in [0.1, 0.15) is 38.7 Å². The Morgan fingerprint density at radius 2 is 2.00 bits per heavy atom. The van der Waals surface area contributed by atoms with E-state index in [1.165, 1.54) is 24.8 Å².